The number of hydrogen-bond acceptors (Lipinski definition) is 5. The lowest BCUT2D eigenvalue weighted by atomic mass is 10.2. The smallest absolute Gasteiger partial charge is 0.343 e. The zero-order valence-corrected chi connectivity index (χ0v) is 12.1. The number of nitrogens with one attached hydrogen (secondary N) is 1. The van der Waals surface area contributed by atoms with Crippen LogP contribution in [0.25, 0.3) is 0 Å². The summed E-state index contributed by atoms with van der Waals surface area (Å²) in [5.41, 5.74) is 1.58. The Kier molecular flexibility index (Phi) is 4.68. The third kappa shape index (κ3) is 3.14. The maximum absolute atomic E-state index is 13.5. The summed E-state index contributed by atoms with van der Waals surface area (Å²) in [6, 6.07) is 6.51. The normalized spacial score (nSPS) is 10.3. The van der Waals surface area contributed by atoms with Gasteiger partial charge < -0.3 is 10.1 Å². The molecule has 0 radical (unpaired) electrons. The van der Waals surface area contributed by atoms with E-state index in [2.05, 4.69) is 9.69 Å². The number of aryl methyl sites for hydroxylation is 1. The molecule has 106 valence electrons. The molecule has 0 saturated heterocycles. The van der Waals surface area contributed by atoms with Crippen LogP contribution in [0, 0.1) is 12.7 Å². The zero-order chi connectivity index (χ0) is 14.5. The molecule has 0 bridgehead atoms. The average molecular weight is 294 g/mol. The Morgan fingerprint density at radius 2 is 2.20 bits per heavy atom. The van der Waals surface area contributed by atoms with E-state index < -0.39 is 5.97 Å². The Morgan fingerprint density at radius 3 is 2.90 bits per heavy atom. The summed E-state index contributed by atoms with van der Waals surface area (Å²) in [5, 5.41) is 3.65. The summed E-state index contributed by atoms with van der Waals surface area (Å²) < 4.78 is 22.7. The fourth-order valence-electron chi connectivity index (χ4n) is 1.75. The molecule has 0 atom stereocenters. The Labute approximate surface area is 120 Å². The van der Waals surface area contributed by atoms with E-state index in [4.69, 9.17) is 4.74 Å². The Balaban J connectivity index is 2.14. The monoisotopic (exact) mass is 294 g/mol. The number of ether oxygens (including phenoxy) is 1. The Hall–Kier alpha value is -1.95. The van der Waals surface area contributed by atoms with Gasteiger partial charge in [0.05, 0.1) is 12.3 Å². The molecule has 2 rings (SSSR count). The van der Waals surface area contributed by atoms with Crippen LogP contribution in [-0.2, 0) is 11.3 Å². The molecule has 0 aliphatic heterocycles. The molecular weight excluding hydrogens is 279 g/mol. The predicted octanol–water partition coefficient (Wildman–Crippen LogP) is 3.38. The minimum Gasteiger partial charge on any atom is -0.462 e. The van der Waals surface area contributed by atoms with Gasteiger partial charge in [0.25, 0.3) is 0 Å². The van der Waals surface area contributed by atoms with Crippen LogP contribution >= 0.6 is 11.5 Å². The van der Waals surface area contributed by atoms with Crippen molar-refractivity contribution in [2.24, 2.45) is 0 Å². The summed E-state index contributed by atoms with van der Waals surface area (Å²) in [6.07, 6.45) is 0. The maximum Gasteiger partial charge on any atom is 0.343 e. The highest BCUT2D eigenvalue weighted by Crippen LogP contribution is 2.26. The largest absolute Gasteiger partial charge is 0.462 e. The quantitative estimate of drug-likeness (QED) is 0.859. The van der Waals surface area contributed by atoms with Crippen molar-refractivity contribution in [2.75, 3.05) is 11.9 Å². The number of hydrogen-bond donors (Lipinski definition) is 1. The lowest BCUT2D eigenvalue weighted by Crippen LogP contribution is -2.09. The van der Waals surface area contributed by atoms with Gasteiger partial charge in [-0.15, -0.1) is 0 Å². The molecular formula is C14H15FN2O2S. The van der Waals surface area contributed by atoms with E-state index in [1.54, 1.807) is 32.0 Å². The number of esters is 1. The summed E-state index contributed by atoms with van der Waals surface area (Å²) in [5.74, 6) is -0.686. The van der Waals surface area contributed by atoms with Crippen molar-refractivity contribution >= 4 is 22.5 Å². The van der Waals surface area contributed by atoms with Crippen LogP contribution in [0.3, 0.4) is 0 Å². The molecule has 1 heterocycles. The maximum atomic E-state index is 13.5. The standard InChI is InChI=1S/C14H15FN2O2S/c1-3-19-14(18)12-9(2)17-20-13(12)16-8-10-6-4-5-7-11(10)15/h4-7,16H,3,8H2,1-2H3. The van der Waals surface area contributed by atoms with Crippen molar-refractivity contribution in [3.8, 4) is 0 Å². The van der Waals surface area contributed by atoms with Crippen LogP contribution in [0.15, 0.2) is 24.3 Å². The van der Waals surface area contributed by atoms with Crippen LogP contribution in [0.2, 0.25) is 0 Å². The first-order valence-corrected chi connectivity index (χ1v) is 7.01. The van der Waals surface area contributed by atoms with Crippen LogP contribution in [0.5, 0.6) is 0 Å². The van der Waals surface area contributed by atoms with Gasteiger partial charge >= 0.3 is 5.97 Å². The molecule has 1 N–H and O–H groups in total. The molecule has 0 saturated carbocycles. The summed E-state index contributed by atoms with van der Waals surface area (Å²) in [6.45, 7) is 4.10. The van der Waals surface area contributed by atoms with E-state index in [-0.39, 0.29) is 5.82 Å². The van der Waals surface area contributed by atoms with Crippen molar-refractivity contribution < 1.29 is 13.9 Å². The third-order valence-electron chi connectivity index (χ3n) is 2.74. The van der Waals surface area contributed by atoms with Crippen LogP contribution < -0.4 is 5.32 Å². The lowest BCUT2D eigenvalue weighted by Gasteiger charge is -2.07. The van der Waals surface area contributed by atoms with Gasteiger partial charge in [-0.3, -0.25) is 0 Å². The number of aromatic nitrogens is 1. The molecule has 0 unspecified atom stereocenters. The van der Waals surface area contributed by atoms with Gasteiger partial charge in [0.1, 0.15) is 16.4 Å². The van der Waals surface area contributed by atoms with Crippen molar-refractivity contribution in [1.82, 2.24) is 4.37 Å². The van der Waals surface area contributed by atoms with Crippen molar-refractivity contribution in [3.05, 3.63) is 46.9 Å². The van der Waals surface area contributed by atoms with Crippen LogP contribution in [0.4, 0.5) is 9.39 Å². The van der Waals surface area contributed by atoms with Crippen molar-refractivity contribution in [1.29, 1.82) is 0 Å². The molecule has 0 spiro atoms. The van der Waals surface area contributed by atoms with Gasteiger partial charge in [-0.25, -0.2) is 9.18 Å². The highest BCUT2D eigenvalue weighted by Gasteiger charge is 2.19. The van der Waals surface area contributed by atoms with E-state index in [0.717, 1.165) is 0 Å². The molecule has 0 amide bonds. The first-order valence-electron chi connectivity index (χ1n) is 6.24. The topological polar surface area (TPSA) is 51.2 Å². The number of anilines is 1. The number of halogens is 1. The van der Waals surface area contributed by atoms with E-state index in [1.807, 2.05) is 0 Å². The minimum atomic E-state index is -0.408. The molecule has 1 aromatic carbocycles. The van der Waals surface area contributed by atoms with Gasteiger partial charge in [0.2, 0.25) is 0 Å². The first-order chi connectivity index (χ1) is 9.63. The number of rotatable bonds is 5. The predicted molar refractivity (Wildman–Crippen MR) is 76.5 cm³/mol. The van der Waals surface area contributed by atoms with Crippen molar-refractivity contribution in [3.63, 3.8) is 0 Å². The van der Waals surface area contributed by atoms with Gasteiger partial charge in [-0.2, -0.15) is 4.37 Å². The van der Waals surface area contributed by atoms with E-state index in [1.165, 1.54) is 17.6 Å². The minimum absolute atomic E-state index is 0.279. The second-order valence-corrected chi connectivity index (χ2v) is 4.91. The summed E-state index contributed by atoms with van der Waals surface area (Å²) in [4.78, 5) is 11.9. The molecule has 1 aromatic heterocycles. The second-order valence-electron chi connectivity index (χ2n) is 4.14. The Bertz CT molecular complexity index is 613. The van der Waals surface area contributed by atoms with Crippen LogP contribution in [0.1, 0.15) is 28.5 Å². The molecule has 2 aromatic rings. The second kappa shape index (κ2) is 6.47. The number of carbonyl (C=O) groups excluding carboxylic acids is 1. The Morgan fingerprint density at radius 1 is 1.45 bits per heavy atom. The number of carbonyl (C=O) groups is 1. The molecule has 4 nitrogen and oxygen atoms in total. The SMILES string of the molecule is CCOC(=O)c1c(C)nsc1NCc1ccccc1F. The van der Waals surface area contributed by atoms with Crippen molar-refractivity contribution in [2.45, 2.75) is 20.4 Å². The van der Waals surface area contributed by atoms with Crippen LogP contribution in [-0.4, -0.2) is 16.9 Å². The average Bonchev–Trinajstić information content (AvgIpc) is 2.79. The van der Waals surface area contributed by atoms with Gasteiger partial charge in [0, 0.05) is 12.1 Å². The molecule has 20 heavy (non-hydrogen) atoms. The third-order valence-corrected chi connectivity index (χ3v) is 3.64. The molecule has 0 aliphatic rings. The van der Waals surface area contributed by atoms with Gasteiger partial charge in [0.15, 0.2) is 0 Å². The highest BCUT2D eigenvalue weighted by molar-refractivity contribution is 7.10. The summed E-state index contributed by atoms with van der Waals surface area (Å²) in [7, 11) is 0. The number of benzene rings is 1. The van der Waals surface area contributed by atoms with Gasteiger partial charge in [-0.05, 0) is 31.4 Å². The number of nitrogens with zero attached hydrogens (tertiary/aromatic N) is 1. The van der Waals surface area contributed by atoms with E-state index in [0.29, 0.717) is 35.0 Å². The molecule has 0 aliphatic carbocycles. The van der Waals surface area contributed by atoms with E-state index in [9.17, 15) is 9.18 Å². The molecule has 6 heteroatoms. The fourth-order valence-corrected chi connectivity index (χ4v) is 2.53. The fraction of sp³-hybridized carbons (Fsp3) is 0.286. The lowest BCUT2D eigenvalue weighted by molar-refractivity contribution is 0.0527. The van der Waals surface area contributed by atoms with Gasteiger partial charge in [-0.1, -0.05) is 18.2 Å². The highest BCUT2D eigenvalue weighted by atomic mass is 32.1. The van der Waals surface area contributed by atoms with E-state index >= 15 is 0 Å². The zero-order valence-electron chi connectivity index (χ0n) is 11.3. The summed E-state index contributed by atoms with van der Waals surface area (Å²) >= 11 is 1.17. The first kappa shape index (κ1) is 14.5. The molecule has 0 fully saturated rings.